The van der Waals surface area contributed by atoms with Gasteiger partial charge in [0.25, 0.3) is 0 Å². The van der Waals surface area contributed by atoms with Crippen LogP contribution in [-0.2, 0) is 4.79 Å². The highest BCUT2D eigenvalue weighted by Crippen LogP contribution is 2.19. The first-order chi connectivity index (χ1) is 8.25. The quantitative estimate of drug-likeness (QED) is 0.616. The molecule has 0 spiro atoms. The molecular formula is C12H17N3OS. The van der Waals surface area contributed by atoms with E-state index < -0.39 is 0 Å². The highest BCUT2D eigenvalue weighted by Gasteiger charge is 2.15. The lowest BCUT2D eigenvalue weighted by atomic mass is 10.3. The summed E-state index contributed by atoms with van der Waals surface area (Å²) in [6.45, 7) is 3.44. The Bertz CT molecular complexity index is 374. The van der Waals surface area contributed by atoms with Gasteiger partial charge in [-0.15, -0.1) is 11.8 Å². The highest BCUT2D eigenvalue weighted by atomic mass is 32.2. The fraction of sp³-hybridized carbons (Fsp3) is 0.417. The van der Waals surface area contributed by atoms with Gasteiger partial charge < -0.3 is 16.0 Å². The predicted octanol–water partition coefficient (Wildman–Crippen LogP) is 0.793. The van der Waals surface area contributed by atoms with Crippen molar-refractivity contribution in [3.63, 3.8) is 0 Å². The maximum atomic E-state index is 11.9. The third kappa shape index (κ3) is 3.64. The Hall–Kier alpha value is -1.20. The average Bonchev–Trinajstić information content (AvgIpc) is 2.39. The van der Waals surface area contributed by atoms with E-state index in [0.717, 1.165) is 36.8 Å². The van der Waals surface area contributed by atoms with E-state index in [1.807, 2.05) is 29.2 Å². The molecule has 17 heavy (non-hydrogen) atoms. The fourth-order valence-corrected chi connectivity index (χ4v) is 2.52. The number of carbonyl (C=O) groups is 1. The minimum atomic E-state index is 0.216. The van der Waals surface area contributed by atoms with Crippen LogP contribution >= 0.6 is 11.8 Å². The van der Waals surface area contributed by atoms with Crippen molar-refractivity contribution in [2.24, 2.45) is 0 Å². The van der Waals surface area contributed by atoms with E-state index in [-0.39, 0.29) is 5.91 Å². The smallest absolute Gasteiger partial charge is 0.233 e. The van der Waals surface area contributed by atoms with Crippen molar-refractivity contribution >= 4 is 23.4 Å². The van der Waals surface area contributed by atoms with Crippen LogP contribution in [0.3, 0.4) is 0 Å². The van der Waals surface area contributed by atoms with Gasteiger partial charge >= 0.3 is 0 Å². The molecule has 1 saturated heterocycles. The van der Waals surface area contributed by atoms with Gasteiger partial charge in [-0.25, -0.2) is 0 Å². The fourth-order valence-electron chi connectivity index (χ4n) is 1.71. The van der Waals surface area contributed by atoms with Gasteiger partial charge in [-0.05, 0) is 24.3 Å². The van der Waals surface area contributed by atoms with Gasteiger partial charge in [0.2, 0.25) is 5.91 Å². The minimum absolute atomic E-state index is 0.216. The van der Waals surface area contributed by atoms with Crippen molar-refractivity contribution in [2.75, 3.05) is 37.7 Å². The summed E-state index contributed by atoms with van der Waals surface area (Å²) in [5.74, 6) is 0.720. The molecule has 3 N–H and O–H groups in total. The second-order valence-corrected chi connectivity index (χ2v) is 5.04. The van der Waals surface area contributed by atoms with Crippen LogP contribution in [0.15, 0.2) is 29.2 Å². The summed E-state index contributed by atoms with van der Waals surface area (Å²) in [5.41, 5.74) is 6.36. The van der Waals surface area contributed by atoms with Gasteiger partial charge in [0, 0.05) is 36.8 Å². The minimum Gasteiger partial charge on any atom is -0.399 e. The number of nitrogens with zero attached hydrogens (tertiary/aromatic N) is 1. The number of benzene rings is 1. The number of nitrogens with two attached hydrogens (primary N) is 1. The largest absolute Gasteiger partial charge is 0.399 e. The number of nitrogens with one attached hydrogen (secondary N) is 1. The number of piperazine rings is 1. The maximum absolute atomic E-state index is 11.9. The molecule has 1 aromatic carbocycles. The lowest BCUT2D eigenvalue weighted by Gasteiger charge is -2.27. The molecule has 0 atom stereocenters. The Morgan fingerprint density at radius 2 is 1.94 bits per heavy atom. The van der Waals surface area contributed by atoms with Crippen LogP contribution in [0.1, 0.15) is 0 Å². The average molecular weight is 251 g/mol. The van der Waals surface area contributed by atoms with E-state index >= 15 is 0 Å². The van der Waals surface area contributed by atoms with E-state index in [0.29, 0.717) is 5.75 Å². The normalized spacial score (nSPS) is 15.9. The molecule has 5 heteroatoms. The van der Waals surface area contributed by atoms with Crippen LogP contribution in [0, 0.1) is 0 Å². The third-order valence-corrected chi connectivity index (χ3v) is 3.71. The van der Waals surface area contributed by atoms with Gasteiger partial charge in [0.05, 0.1) is 5.75 Å². The first-order valence-corrected chi connectivity index (χ1v) is 6.71. The molecule has 0 radical (unpaired) electrons. The summed E-state index contributed by atoms with van der Waals surface area (Å²) in [6, 6.07) is 7.62. The molecule has 1 heterocycles. The maximum Gasteiger partial charge on any atom is 0.233 e. The number of amides is 1. The van der Waals surface area contributed by atoms with Crippen LogP contribution < -0.4 is 11.1 Å². The summed E-state index contributed by atoms with van der Waals surface area (Å²) in [6.07, 6.45) is 0. The number of anilines is 1. The van der Waals surface area contributed by atoms with Crippen molar-refractivity contribution < 1.29 is 4.79 Å². The molecular weight excluding hydrogens is 234 g/mol. The van der Waals surface area contributed by atoms with Crippen molar-refractivity contribution in [2.45, 2.75) is 4.90 Å². The zero-order chi connectivity index (χ0) is 12.1. The number of carbonyl (C=O) groups excluding carboxylic acids is 1. The zero-order valence-electron chi connectivity index (χ0n) is 9.69. The molecule has 0 bridgehead atoms. The Labute approximate surface area is 106 Å². The van der Waals surface area contributed by atoms with E-state index in [1.165, 1.54) is 0 Å². The summed E-state index contributed by atoms with van der Waals surface area (Å²) in [4.78, 5) is 14.9. The van der Waals surface area contributed by atoms with Gasteiger partial charge in [-0.2, -0.15) is 0 Å². The zero-order valence-corrected chi connectivity index (χ0v) is 10.5. The number of rotatable bonds is 3. The molecule has 1 amide bonds. The van der Waals surface area contributed by atoms with E-state index in [9.17, 15) is 4.79 Å². The number of hydrogen-bond acceptors (Lipinski definition) is 4. The molecule has 0 unspecified atom stereocenters. The van der Waals surface area contributed by atoms with Crippen molar-refractivity contribution in [3.05, 3.63) is 24.3 Å². The van der Waals surface area contributed by atoms with Gasteiger partial charge in [0.1, 0.15) is 0 Å². The van der Waals surface area contributed by atoms with Crippen molar-refractivity contribution in [3.8, 4) is 0 Å². The van der Waals surface area contributed by atoms with E-state index in [1.54, 1.807) is 11.8 Å². The monoisotopic (exact) mass is 251 g/mol. The molecule has 1 aliphatic heterocycles. The van der Waals surface area contributed by atoms with E-state index in [4.69, 9.17) is 5.73 Å². The summed E-state index contributed by atoms with van der Waals surface area (Å²) < 4.78 is 0. The Morgan fingerprint density at radius 1 is 1.29 bits per heavy atom. The second kappa shape index (κ2) is 5.93. The van der Waals surface area contributed by atoms with Crippen LogP contribution in [-0.4, -0.2) is 42.7 Å². The number of hydrogen-bond donors (Lipinski definition) is 2. The first-order valence-electron chi connectivity index (χ1n) is 5.72. The van der Waals surface area contributed by atoms with E-state index in [2.05, 4.69) is 5.32 Å². The van der Waals surface area contributed by atoms with Gasteiger partial charge in [-0.1, -0.05) is 0 Å². The summed E-state index contributed by atoms with van der Waals surface area (Å²) in [7, 11) is 0. The van der Waals surface area contributed by atoms with Gasteiger partial charge in [-0.3, -0.25) is 4.79 Å². The topological polar surface area (TPSA) is 58.4 Å². The van der Waals surface area contributed by atoms with Crippen LogP contribution in [0.25, 0.3) is 0 Å². The Morgan fingerprint density at radius 3 is 2.59 bits per heavy atom. The molecule has 1 aromatic rings. The Kier molecular flexibility index (Phi) is 4.28. The molecule has 1 fully saturated rings. The van der Waals surface area contributed by atoms with Gasteiger partial charge in [0.15, 0.2) is 0 Å². The lowest BCUT2D eigenvalue weighted by Crippen LogP contribution is -2.47. The van der Waals surface area contributed by atoms with Crippen LogP contribution in [0.4, 0.5) is 5.69 Å². The number of nitrogen functional groups attached to an aromatic ring is 1. The lowest BCUT2D eigenvalue weighted by molar-refractivity contribution is -0.128. The molecule has 0 aromatic heterocycles. The Balaban J connectivity index is 1.81. The molecule has 2 rings (SSSR count). The molecule has 0 saturated carbocycles. The third-order valence-electron chi connectivity index (χ3n) is 2.71. The summed E-state index contributed by atoms with van der Waals surface area (Å²) >= 11 is 1.56. The predicted molar refractivity (Wildman–Crippen MR) is 71.0 cm³/mol. The molecule has 4 nitrogen and oxygen atoms in total. The molecule has 92 valence electrons. The van der Waals surface area contributed by atoms with Crippen LogP contribution in [0.5, 0.6) is 0 Å². The second-order valence-electron chi connectivity index (χ2n) is 3.99. The van der Waals surface area contributed by atoms with Crippen LogP contribution in [0.2, 0.25) is 0 Å². The molecule has 0 aliphatic carbocycles. The SMILES string of the molecule is Nc1ccc(SCC(=O)N2CCNCC2)cc1. The van der Waals surface area contributed by atoms with Crippen molar-refractivity contribution in [1.82, 2.24) is 10.2 Å². The standard InChI is InChI=1S/C12H17N3OS/c13-10-1-3-11(4-2-10)17-9-12(16)15-7-5-14-6-8-15/h1-4,14H,5-9,13H2. The van der Waals surface area contributed by atoms with Crippen molar-refractivity contribution in [1.29, 1.82) is 0 Å². The summed E-state index contributed by atoms with van der Waals surface area (Å²) in [5, 5.41) is 3.24. The molecule has 1 aliphatic rings. The number of thioether (sulfide) groups is 1. The highest BCUT2D eigenvalue weighted by molar-refractivity contribution is 8.00. The first kappa shape index (κ1) is 12.3.